The number of halogens is 1. The van der Waals surface area contributed by atoms with Gasteiger partial charge in [-0.15, -0.1) is 11.3 Å². The Balaban J connectivity index is 1.78. The van der Waals surface area contributed by atoms with Crippen molar-refractivity contribution in [2.24, 2.45) is 0 Å². The lowest BCUT2D eigenvalue weighted by Gasteiger charge is -2.13. The van der Waals surface area contributed by atoms with Crippen LogP contribution < -0.4 is 4.74 Å². The van der Waals surface area contributed by atoms with E-state index in [1.807, 2.05) is 66.0 Å². The number of thiophene rings is 1. The van der Waals surface area contributed by atoms with Crippen molar-refractivity contribution in [3.05, 3.63) is 94.1 Å². The maximum atomic E-state index is 11.0. The molecule has 3 aromatic carbocycles. The minimum Gasteiger partial charge on any atom is -0.482 e. The summed E-state index contributed by atoms with van der Waals surface area (Å²) in [5.74, 6) is -0.588. The predicted molar refractivity (Wildman–Crippen MR) is 141 cm³/mol. The van der Waals surface area contributed by atoms with Gasteiger partial charge in [0.15, 0.2) is 6.61 Å². The molecule has 0 unspecified atom stereocenters. The van der Waals surface area contributed by atoms with Crippen LogP contribution in [0.15, 0.2) is 89.1 Å². The molecule has 0 saturated heterocycles. The van der Waals surface area contributed by atoms with Crippen molar-refractivity contribution >= 4 is 51.8 Å². The molecule has 0 bridgehead atoms. The number of rotatable bonds is 7. The van der Waals surface area contributed by atoms with Crippen LogP contribution in [0.3, 0.4) is 0 Å². The lowest BCUT2D eigenvalue weighted by Crippen LogP contribution is -2.09. The molecule has 0 aliphatic rings. The molecule has 172 valence electrons. The summed E-state index contributed by atoms with van der Waals surface area (Å²) in [6.07, 6.45) is 0. The number of ether oxygens (including phenoxy) is 1. The van der Waals surface area contributed by atoms with Gasteiger partial charge in [0.1, 0.15) is 16.7 Å². The first-order valence-electron chi connectivity index (χ1n) is 10.6. The zero-order valence-corrected chi connectivity index (χ0v) is 20.5. The van der Waals surface area contributed by atoms with Crippen LogP contribution in [-0.2, 0) is 4.79 Å². The highest BCUT2D eigenvalue weighted by atomic mass is 35.5. The normalized spacial score (nSPS) is 10.9. The van der Waals surface area contributed by atoms with Gasteiger partial charge in [0.25, 0.3) is 0 Å². The number of carboxylic acids is 1. The van der Waals surface area contributed by atoms with E-state index < -0.39 is 12.6 Å². The molecule has 5 rings (SSSR count). The Bertz CT molecular complexity index is 1580. The Labute approximate surface area is 214 Å². The fourth-order valence-electron chi connectivity index (χ4n) is 3.91. The van der Waals surface area contributed by atoms with Crippen molar-refractivity contribution in [1.29, 1.82) is 5.26 Å². The molecule has 0 amide bonds. The zero-order valence-electron chi connectivity index (χ0n) is 18.1. The fraction of sp³-hybridized carbons (Fsp3) is 0.0370. The van der Waals surface area contributed by atoms with Crippen molar-refractivity contribution < 1.29 is 14.6 Å². The molecular weight excluding hydrogens is 500 g/mol. The molecule has 2 heterocycles. The number of nitrogens with zero attached hydrogens (tertiary/aromatic N) is 2. The molecule has 0 aliphatic carbocycles. The van der Waals surface area contributed by atoms with Crippen molar-refractivity contribution in [3.63, 3.8) is 0 Å². The number of hydrogen-bond donors (Lipinski definition) is 1. The van der Waals surface area contributed by atoms with Gasteiger partial charge in [-0.05, 0) is 65.9 Å². The number of aliphatic carboxylic acids is 1. The Hall–Kier alpha value is -3.70. The minimum absolute atomic E-state index is 0.429. The number of nitriles is 1. The Morgan fingerprint density at radius 3 is 2.66 bits per heavy atom. The summed E-state index contributed by atoms with van der Waals surface area (Å²) in [5, 5.41) is 22.4. The van der Waals surface area contributed by atoms with Crippen LogP contribution in [0.5, 0.6) is 5.75 Å². The molecular formula is C27H17ClN2O3S2. The van der Waals surface area contributed by atoms with E-state index in [-0.39, 0.29) is 0 Å². The third kappa shape index (κ3) is 4.64. The summed E-state index contributed by atoms with van der Waals surface area (Å²) in [4.78, 5) is 12.7. The van der Waals surface area contributed by atoms with Crippen molar-refractivity contribution in [1.82, 2.24) is 3.97 Å². The number of benzene rings is 3. The van der Waals surface area contributed by atoms with Gasteiger partial charge in [0.2, 0.25) is 0 Å². The van der Waals surface area contributed by atoms with E-state index in [9.17, 15) is 10.1 Å². The first-order chi connectivity index (χ1) is 17.0. The van der Waals surface area contributed by atoms with E-state index in [1.54, 1.807) is 18.0 Å². The topological polar surface area (TPSA) is 75.2 Å². The van der Waals surface area contributed by atoms with Crippen LogP contribution in [0.1, 0.15) is 4.88 Å². The number of hydrogen-bond acceptors (Lipinski definition) is 5. The SMILES string of the molecule is N#Cc1sccc1-c1c(-c2cccc(OCC(=O)O)c2)n(Sc2ccc(Cl)cc2)c2ccccc12. The Kier molecular flexibility index (Phi) is 6.51. The molecule has 0 aliphatic heterocycles. The van der Waals surface area contributed by atoms with Crippen molar-refractivity contribution in [2.45, 2.75) is 4.90 Å². The van der Waals surface area contributed by atoms with E-state index in [4.69, 9.17) is 21.4 Å². The first kappa shape index (κ1) is 23.1. The molecule has 0 spiro atoms. The zero-order chi connectivity index (χ0) is 24.4. The second-order valence-electron chi connectivity index (χ2n) is 7.57. The standard InChI is InChI=1S/C27H17ClN2O3S2/c28-18-8-10-20(11-9-18)35-30-23-7-2-1-6-21(23)26(22-12-13-34-24(22)15-29)27(30)17-4-3-5-19(14-17)33-16-25(31)32/h1-14H,16H2,(H,31,32). The number of carbonyl (C=O) groups is 1. The molecule has 0 radical (unpaired) electrons. The largest absolute Gasteiger partial charge is 0.482 e. The molecule has 5 nitrogen and oxygen atoms in total. The van der Waals surface area contributed by atoms with Gasteiger partial charge in [-0.2, -0.15) is 5.26 Å². The van der Waals surface area contributed by atoms with Crippen molar-refractivity contribution in [3.8, 4) is 34.2 Å². The third-order valence-electron chi connectivity index (χ3n) is 5.35. The highest BCUT2D eigenvalue weighted by molar-refractivity contribution is 7.98. The number of aromatic nitrogens is 1. The highest BCUT2D eigenvalue weighted by Crippen LogP contribution is 2.46. The fourth-order valence-corrected chi connectivity index (χ4v) is 5.74. The smallest absolute Gasteiger partial charge is 0.341 e. The van der Waals surface area contributed by atoms with E-state index in [2.05, 4.69) is 22.2 Å². The van der Waals surface area contributed by atoms with Crippen LogP contribution in [0.4, 0.5) is 0 Å². The second-order valence-corrected chi connectivity index (χ2v) is 9.94. The van der Waals surface area contributed by atoms with Crippen LogP contribution >= 0.6 is 34.9 Å². The maximum Gasteiger partial charge on any atom is 0.341 e. The Morgan fingerprint density at radius 2 is 1.89 bits per heavy atom. The number of fused-ring (bicyclic) bond motifs is 1. The third-order valence-corrected chi connectivity index (χ3v) is 7.46. The van der Waals surface area contributed by atoms with Gasteiger partial charge in [-0.3, -0.25) is 3.97 Å². The maximum absolute atomic E-state index is 11.0. The quantitative estimate of drug-likeness (QED) is 0.241. The average Bonchev–Trinajstić information content (AvgIpc) is 3.46. The van der Waals surface area contributed by atoms with E-state index >= 15 is 0 Å². The minimum atomic E-state index is -1.04. The summed E-state index contributed by atoms with van der Waals surface area (Å²) in [6.45, 7) is -0.429. The van der Waals surface area contributed by atoms with Gasteiger partial charge in [-0.25, -0.2) is 4.79 Å². The van der Waals surface area contributed by atoms with Crippen LogP contribution in [0.2, 0.25) is 5.02 Å². The van der Waals surface area contributed by atoms with Crippen LogP contribution in [-0.4, -0.2) is 21.7 Å². The lowest BCUT2D eigenvalue weighted by molar-refractivity contribution is -0.139. The monoisotopic (exact) mass is 516 g/mol. The number of carboxylic acid groups (broad SMARTS) is 1. The van der Waals surface area contributed by atoms with E-state index in [0.717, 1.165) is 38.2 Å². The van der Waals surface area contributed by atoms with Gasteiger partial charge in [-0.1, -0.05) is 41.9 Å². The molecule has 35 heavy (non-hydrogen) atoms. The Morgan fingerprint density at radius 1 is 1.09 bits per heavy atom. The summed E-state index contributed by atoms with van der Waals surface area (Å²) >= 11 is 9.06. The number of para-hydroxylation sites is 1. The summed E-state index contributed by atoms with van der Waals surface area (Å²) in [6, 6.07) is 27.4. The molecule has 0 fully saturated rings. The summed E-state index contributed by atoms with van der Waals surface area (Å²) < 4.78 is 7.61. The van der Waals surface area contributed by atoms with E-state index in [1.165, 1.54) is 11.3 Å². The molecule has 8 heteroatoms. The summed E-state index contributed by atoms with van der Waals surface area (Å²) in [5.41, 5.74) is 4.52. The van der Waals surface area contributed by atoms with Gasteiger partial charge >= 0.3 is 5.97 Å². The predicted octanol–water partition coefficient (Wildman–Crippen LogP) is 7.58. The summed E-state index contributed by atoms with van der Waals surface area (Å²) in [7, 11) is 0. The first-order valence-corrected chi connectivity index (χ1v) is 12.6. The van der Waals surface area contributed by atoms with E-state index in [0.29, 0.717) is 15.6 Å². The molecule has 0 saturated carbocycles. The second kappa shape index (κ2) is 9.88. The molecule has 0 atom stereocenters. The molecule has 2 aromatic heterocycles. The van der Waals surface area contributed by atoms with Gasteiger partial charge in [0.05, 0.1) is 11.2 Å². The lowest BCUT2D eigenvalue weighted by atomic mass is 9.99. The molecule has 5 aromatic rings. The average molecular weight is 517 g/mol. The highest BCUT2D eigenvalue weighted by Gasteiger charge is 2.23. The van der Waals surface area contributed by atoms with Gasteiger partial charge in [0, 0.05) is 32.0 Å². The van der Waals surface area contributed by atoms with Crippen LogP contribution in [0, 0.1) is 11.3 Å². The van der Waals surface area contributed by atoms with Crippen molar-refractivity contribution in [2.75, 3.05) is 6.61 Å². The van der Waals surface area contributed by atoms with Gasteiger partial charge < -0.3 is 9.84 Å². The molecule has 1 N–H and O–H groups in total. The van der Waals surface area contributed by atoms with Crippen LogP contribution in [0.25, 0.3) is 33.3 Å².